The number of benzene rings is 1. The van der Waals surface area contributed by atoms with Crippen LogP contribution in [0, 0.1) is 0 Å². The van der Waals surface area contributed by atoms with E-state index in [4.69, 9.17) is 28.3 Å². The van der Waals surface area contributed by atoms with Crippen LogP contribution < -0.4 is 5.56 Å². The number of hydrogen-bond acceptors (Lipinski definition) is 3. The molecular formula is C16H12Cl2N2O4. The van der Waals surface area contributed by atoms with Gasteiger partial charge in [0.2, 0.25) is 0 Å². The van der Waals surface area contributed by atoms with Gasteiger partial charge >= 0.3 is 5.97 Å². The molecule has 0 spiro atoms. The Bertz CT molecular complexity index is 936. The minimum Gasteiger partial charge on any atom is -0.480 e. The molecule has 0 aliphatic carbocycles. The number of carbonyl (C=O) groups excluding carboxylic acids is 1. The van der Waals surface area contributed by atoms with Crippen LogP contribution in [-0.4, -0.2) is 33.5 Å². The summed E-state index contributed by atoms with van der Waals surface area (Å²) in [5.41, 5.74) is 0.957. The zero-order chi connectivity index (χ0) is 17.6. The van der Waals surface area contributed by atoms with Crippen molar-refractivity contribution < 1.29 is 14.7 Å². The highest BCUT2D eigenvalue weighted by molar-refractivity contribution is 6.35. The Balaban J connectivity index is 2.34. The largest absolute Gasteiger partial charge is 0.480 e. The van der Waals surface area contributed by atoms with Gasteiger partial charge in [-0.05, 0) is 18.2 Å². The number of nitrogens with zero attached hydrogens (tertiary/aromatic N) is 2. The average molecular weight is 367 g/mol. The van der Waals surface area contributed by atoms with Gasteiger partial charge < -0.3 is 10.0 Å². The first-order valence-corrected chi connectivity index (χ1v) is 7.74. The number of rotatable bonds is 3. The second-order valence-electron chi connectivity index (χ2n) is 5.48. The molecular weight excluding hydrogens is 355 g/mol. The molecule has 1 aromatic carbocycles. The maximum Gasteiger partial charge on any atom is 0.323 e. The van der Waals surface area contributed by atoms with Gasteiger partial charge in [-0.2, -0.15) is 0 Å². The first-order valence-electron chi connectivity index (χ1n) is 6.99. The molecule has 0 radical (unpaired) electrons. The lowest BCUT2D eigenvalue weighted by Crippen LogP contribution is -2.27. The molecule has 1 aliphatic heterocycles. The maximum absolute atomic E-state index is 12.5. The lowest BCUT2D eigenvalue weighted by Gasteiger charge is -2.13. The van der Waals surface area contributed by atoms with Crippen molar-refractivity contribution in [3.8, 4) is 11.1 Å². The lowest BCUT2D eigenvalue weighted by atomic mass is 9.99. The maximum atomic E-state index is 12.5. The highest BCUT2D eigenvalue weighted by atomic mass is 35.5. The van der Waals surface area contributed by atoms with Crippen molar-refractivity contribution in [3.05, 3.63) is 55.9 Å². The van der Waals surface area contributed by atoms with Crippen LogP contribution in [0.1, 0.15) is 16.1 Å². The molecule has 3 rings (SSSR count). The standard InChI is InChI=1S/C16H12Cl2N2O4/c1-19-6-12-15(16(19)24)10(5-13(21)20(12)7-14(22)23)9-4-8(17)2-3-11(9)18/h2-5H,6-7H2,1H3,(H,22,23). The van der Waals surface area contributed by atoms with Crippen LogP contribution in [0.25, 0.3) is 11.1 Å². The number of aliphatic carboxylic acids is 1. The first kappa shape index (κ1) is 16.5. The summed E-state index contributed by atoms with van der Waals surface area (Å²) in [6, 6.07) is 5.99. The molecule has 8 heteroatoms. The second-order valence-corrected chi connectivity index (χ2v) is 6.33. The Hall–Kier alpha value is -2.31. The topological polar surface area (TPSA) is 79.6 Å². The van der Waals surface area contributed by atoms with Crippen molar-refractivity contribution in [3.63, 3.8) is 0 Å². The van der Waals surface area contributed by atoms with Crippen molar-refractivity contribution >= 4 is 35.1 Å². The van der Waals surface area contributed by atoms with Crippen LogP contribution >= 0.6 is 23.2 Å². The predicted molar refractivity (Wildman–Crippen MR) is 89.6 cm³/mol. The smallest absolute Gasteiger partial charge is 0.323 e. The fourth-order valence-electron chi connectivity index (χ4n) is 2.81. The Kier molecular flexibility index (Phi) is 4.11. The zero-order valence-corrected chi connectivity index (χ0v) is 14.1. The Morgan fingerprint density at radius 2 is 1.92 bits per heavy atom. The summed E-state index contributed by atoms with van der Waals surface area (Å²) in [6.45, 7) is -0.353. The number of aromatic nitrogens is 1. The van der Waals surface area contributed by atoms with Gasteiger partial charge in [-0.25, -0.2) is 0 Å². The van der Waals surface area contributed by atoms with Crippen molar-refractivity contribution in [1.82, 2.24) is 9.47 Å². The molecule has 124 valence electrons. The molecule has 6 nitrogen and oxygen atoms in total. The molecule has 0 atom stereocenters. The Labute approximate surface area is 146 Å². The summed E-state index contributed by atoms with van der Waals surface area (Å²) in [7, 11) is 1.58. The third-order valence-electron chi connectivity index (χ3n) is 3.88. The van der Waals surface area contributed by atoms with Gasteiger partial charge in [0.25, 0.3) is 11.5 Å². The van der Waals surface area contributed by atoms with E-state index in [1.807, 2.05) is 0 Å². The SMILES string of the molecule is CN1Cc2c(c(-c3cc(Cl)ccc3Cl)cc(=O)n2CC(=O)O)C1=O. The number of amides is 1. The summed E-state index contributed by atoms with van der Waals surface area (Å²) in [6.07, 6.45) is 0. The highest BCUT2D eigenvalue weighted by Gasteiger charge is 2.32. The van der Waals surface area contributed by atoms with Gasteiger partial charge in [0.15, 0.2) is 0 Å². The minimum atomic E-state index is -1.16. The fourth-order valence-corrected chi connectivity index (χ4v) is 3.20. The molecule has 0 saturated heterocycles. The highest BCUT2D eigenvalue weighted by Crippen LogP contribution is 2.36. The summed E-state index contributed by atoms with van der Waals surface area (Å²) in [5, 5.41) is 9.78. The van der Waals surface area contributed by atoms with Crippen molar-refractivity contribution in [1.29, 1.82) is 0 Å². The minimum absolute atomic E-state index is 0.155. The van der Waals surface area contributed by atoms with Crippen molar-refractivity contribution in [2.75, 3.05) is 7.05 Å². The zero-order valence-electron chi connectivity index (χ0n) is 12.5. The van der Waals surface area contributed by atoms with E-state index in [2.05, 4.69) is 0 Å². The van der Waals surface area contributed by atoms with E-state index in [9.17, 15) is 14.4 Å². The molecule has 1 amide bonds. The summed E-state index contributed by atoms with van der Waals surface area (Å²) < 4.78 is 1.10. The average Bonchev–Trinajstić information content (AvgIpc) is 2.80. The molecule has 0 bridgehead atoms. The molecule has 2 heterocycles. The number of fused-ring (bicyclic) bond motifs is 1. The van der Waals surface area contributed by atoms with E-state index >= 15 is 0 Å². The van der Waals surface area contributed by atoms with E-state index in [0.29, 0.717) is 26.9 Å². The summed E-state index contributed by atoms with van der Waals surface area (Å²) >= 11 is 12.2. The molecule has 0 saturated carbocycles. The van der Waals surface area contributed by atoms with Gasteiger partial charge in [0, 0.05) is 34.3 Å². The van der Waals surface area contributed by atoms with Crippen LogP contribution in [0.15, 0.2) is 29.1 Å². The van der Waals surface area contributed by atoms with Crippen LogP contribution in [0.5, 0.6) is 0 Å². The van der Waals surface area contributed by atoms with Gasteiger partial charge in [-0.15, -0.1) is 0 Å². The number of carboxylic acid groups (broad SMARTS) is 1. The van der Waals surface area contributed by atoms with E-state index in [0.717, 1.165) is 4.57 Å². The molecule has 1 aromatic heterocycles. The second kappa shape index (κ2) is 5.96. The molecule has 0 unspecified atom stereocenters. The number of carboxylic acids is 1. The number of pyridine rings is 1. The van der Waals surface area contributed by atoms with E-state index in [1.165, 1.54) is 11.0 Å². The van der Waals surface area contributed by atoms with E-state index in [1.54, 1.807) is 25.2 Å². The van der Waals surface area contributed by atoms with Gasteiger partial charge in [0.05, 0.1) is 17.8 Å². The number of hydrogen-bond donors (Lipinski definition) is 1. The molecule has 24 heavy (non-hydrogen) atoms. The van der Waals surface area contributed by atoms with Crippen LogP contribution in [0.4, 0.5) is 0 Å². The quantitative estimate of drug-likeness (QED) is 0.904. The van der Waals surface area contributed by atoms with Crippen molar-refractivity contribution in [2.24, 2.45) is 0 Å². The van der Waals surface area contributed by atoms with Gasteiger partial charge in [-0.3, -0.25) is 19.0 Å². The number of carbonyl (C=O) groups is 2. The molecule has 2 aromatic rings. The Morgan fingerprint density at radius 1 is 1.21 bits per heavy atom. The van der Waals surface area contributed by atoms with Crippen molar-refractivity contribution in [2.45, 2.75) is 13.1 Å². The van der Waals surface area contributed by atoms with E-state index < -0.39 is 18.1 Å². The predicted octanol–water partition coefficient (Wildman–Crippen LogP) is 2.49. The Morgan fingerprint density at radius 3 is 2.58 bits per heavy atom. The van der Waals surface area contributed by atoms with Gasteiger partial charge in [0.1, 0.15) is 6.54 Å². The van der Waals surface area contributed by atoms with Crippen LogP contribution in [0.3, 0.4) is 0 Å². The van der Waals surface area contributed by atoms with E-state index in [-0.39, 0.29) is 18.0 Å². The summed E-state index contributed by atoms with van der Waals surface area (Å²) in [4.78, 5) is 37.4. The lowest BCUT2D eigenvalue weighted by molar-refractivity contribution is -0.137. The van der Waals surface area contributed by atoms with Crippen LogP contribution in [0.2, 0.25) is 10.0 Å². The van der Waals surface area contributed by atoms with Gasteiger partial charge in [-0.1, -0.05) is 23.2 Å². The monoisotopic (exact) mass is 366 g/mol. The fraction of sp³-hybridized carbons (Fsp3) is 0.188. The third kappa shape index (κ3) is 2.68. The normalized spacial score (nSPS) is 13.3. The van der Waals surface area contributed by atoms with Crippen LogP contribution in [-0.2, 0) is 17.9 Å². The third-order valence-corrected chi connectivity index (χ3v) is 4.44. The first-order chi connectivity index (χ1) is 11.3. The molecule has 0 fully saturated rings. The molecule has 1 aliphatic rings. The summed E-state index contributed by atoms with van der Waals surface area (Å²) in [5.74, 6) is -1.45. The number of halogens is 2. The molecule has 1 N–H and O–H groups in total.